The Hall–Kier alpha value is -0.303. The van der Waals surface area contributed by atoms with Crippen LogP contribution in [0.3, 0.4) is 0 Å². The Labute approximate surface area is 142 Å². The van der Waals surface area contributed by atoms with Crippen LogP contribution in [0, 0.1) is 0 Å². The highest BCUT2D eigenvalue weighted by Crippen LogP contribution is 2.45. The van der Waals surface area contributed by atoms with E-state index in [0.717, 1.165) is 5.54 Å². The van der Waals surface area contributed by atoms with Crippen LogP contribution in [0.2, 0.25) is 17.6 Å². The van der Waals surface area contributed by atoms with E-state index in [0.29, 0.717) is 0 Å². The first kappa shape index (κ1) is 19.7. The fourth-order valence-electron chi connectivity index (χ4n) is 3.93. The lowest BCUT2D eigenvalue weighted by Gasteiger charge is -2.25. The van der Waals surface area contributed by atoms with Gasteiger partial charge in [0.1, 0.15) is 0 Å². The summed E-state index contributed by atoms with van der Waals surface area (Å²) >= 11 is 0. The van der Waals surface area contributed by atoms with Gasteiger partial charge in [0.25, 0.3) is 0 Å². The Bertz CT molecular complexity index is 353. The molecule has 0 unspecified atom stereocenters. The lowest BCUT2D eigenvalue weighted by molar-refractivity contribution is 0.682. The zero-order chi connectivity index (χ0) is 16.5. The minimum absolute atomic E-state index is 0.261. The van der Waals surface area contributed by atoms with Crippen LogP contribution in [-0.4, -0.2) is 8.80 Å². The molecule has 0 aromatic heterocycles. The van der Waals surface area contributed by atoms with Crippen LogP contribution in [0.1, 0.15) is 92.9 Å². The van der Waals surface area contributed by atoms with Crippen molar-refractivity contribution in [2.24, 2.45) is 0 Å². The zero-order valence-corrected chi connectivity index (χ0v) is 17.1. The maximum Gasteiger partial charge on any atom is 0.0612 e. The maximum absolute atomic E-state index is 2.42. The van der Waals surface area contributed by atoms with Gasteiger partial charge in [0.15, 0.2) is 0 Å². The fraction of sp³-hybridized carbons (Fsp3) is 0.810. The average molecular weight is 320 g/mol. The molecule has 0 N–H and O–H groups in total. The van der Waals surface area contributed by atoms with Gasteiger partial charge in [0, 0.05) is 0 Å². The summed E-state index contributed by atoms with van der Waals surface area (Å²) in [5.74, 6) is 0. The molecule has 1 heteroatoms. The number of allylic oxidation sites excluding steroid dienone is 4. The van der Waals surface area contributed by atoms with E-state index in [2.05, 4.69) is 41.5 Å². The fourth-order valence-corrected chi connectivity index (χ4v) is 7.83. The monoisotopic (exact) mass is 319 g/mol. The molecule has 1 aliphatic carbocycles. The van der Waals surface area contributed by atoms with E-state index in [4.69, 9.17) is 0 Å². The molecule has 0 aliphatic heterocycles. The second-order valence-corrected chi connectivity index (χ2v) is 10.2. The van der Waals surface area contributed by atoms with Crippen LogP contribution in [-0.2, 0) is 0 Å². The zero-order valence-electron chi connectivity index (χ0n) is 16.1. The quantitative estimate of drug-likeness (QED) is 0.270. The summed E-state index contributed by atoms with van der Waals surface area (Å²) in [5.41, 5.74) is 7.50. The van der Waals surface area contributed by atoms with Gasteiger partial charge in [-0.1, -0.05) is 88.4 Å². The third-order valence-corrected chi connectivity index (χ3v) is 9.40. The number of unbranched alkanes of at least 4 members (excludes halogenated alkanes) is 6. The Balaban J connectivity index is 2.68. The minimum atomic E-state index is -0.261. The molecule has 1 rings (SSSR count). The molecule has 127 valence electrons. The second-order valence-electron chi connectivity index (χ2n) is 7.33. The number of rotatable bonds is 11. The molecule has 0 bridgehead atoms. The molecule has 0 amide bonds. The highest BCUT2D eigenvalue weighted by atomic mass is 28.3. The molecule has 1 aliphatic rings. The van der Waals surface area contributed by atoms with E-state index in [1.165, 1.54) is 63.5 Å². The SMILES string of the molecule is CCCCCC[Si](CCCCCC)C1C(C)=C(C)C(C)=C1C. The van der Waals surface area contributed by atoms with Crippen LogP contribution >= 0.6 is 0 Å². The van der Waals surface area contributed by atoms with E-state index < -0.39 is 0 Å². The van der Waals surface area contributed by atoms with Crippen molar-refractivity contribution in [2.45, 2.75) is 111 Å². The summed E-state index contributed by atoms with van der Waals surface area (Å²) in [6, 6.07) is 3.08. The first-order valence-corrected chi connectivity index (χ1v) is 11.7. The third-order valence-electron chi connectivity index (χ3n) is 5.72. The smallest absolute Gasteiger partial charge is 0.0612 e. The van der Waals surface area contributed by atoms with E-state index in [-0.39, 0.29) is 8.80 Å². The van der Waals surface area contributed by atoms with Crippen molar-refractivity contribution < 1.29 is 0 Å². The molecular formula is C21H39Si. The van der Waals surface area contributed by atoms with Gasteiger partial charge in [-0.3, -0.25) is 0 Å². The van der Waals surface area contributed by atoms with Gasteiger partial charge in [0.05, 0.1) is 8.80 Å². The molecule has 1 radical (unpaired) electrons. The van der Waals surface area contributed by atoms with Gasteiger partial charge < -0.3 is 0 Å². The van der Waals surface area contributed by atoms with Gasteiger partial charge in [-0.05, 0) is 44.4 Å². The summed E-state index contributed by atoms with van der Waals surface area (Å²) in [6.45, 7) is 14.2. The highest BCUT2D eigenvalue weighted by Gasteiger charge is 2.31. The van der Waals surface area contributed by atoms with Crippen LogP contribution in [0.25, 0.3) is 0 Å². The number of hydrogen-bond acceptors (Lipinski definition) is 0. The Morgan fingerprint density at radius 1 is 0.636 bits per heavy atom. The predicted octanol–water partition coefficient (Wildman–Crippen LogP) is 7.70. The second kappa shape index (κ2) is 10.5. The lowest BCUT2D eigenvalue weighted by atomic mass is 10.1. The molecule has 0 aromatic rings. The van der Waals surface area contributed by atoms with Gasteiger partial charge >= 0.3 is 0 Å². The average Bonchev–Trinajstić information content (AvgIpc) is 2.70. The minimum Gasteiger partial charge on any atom is -0.0659 e. The molecule has 0 saturated carbocycles. The highest BCUT2D eigenvalue weighted by molar-refractivity contribution is 6.62. The molecule has 0 nitrogen and oxygen atoms in total. The van der Waals surface area contributed by atoms with Gasteiger partial charge in [-0.2, -0.15) is 0 Å². The first-order valence-electron chi connectivity index (χ1n) is 9.74. The third kappa shape index (κ3) is 5.40. The largest absolute Gasteiger partial charge is 0.0659 e. The molecule has 0 fully saturated rings. The van der Waals surface area contributed by atoms with Crippen LogP contribution in [0.15, 0.2) is 22.3 Å². The molecule has 0 saturated heterocycles. The van der Waals surface area contributed by atoms with E-state index in [9.17, 15) is 0 Å². The summed E-state index contributed by atoms with van der Waals surface area (Å²) in [4.78, 5) is 0. The molecule has 0 atom stereocenters. The Morgan fingerprint density at radius 3 is 1.41 bits per heavy atom. The van der Waals surface area contributed by atoms with Crippen molar-refractivity contribution in [3.05, 3.63) is 22.3 Å². The summed E-state index contributed by atoms with van der Waals surface area (Å²) in [7, 11) is -0.261. The van der Waals surface area contributed by atoms with Gasteiger partial charge in [0.2, 0.25) is 0 Å². The standard InChI is InChI=1S/C21H39Si/c1-7-9-11-13-15-22(16-14-12-10-8-2)21-19(5)17(3)18(4)20(21)6/h21H,7-16H2,1-6H3. The summed E-state index contributed by atoms with van der Waals surface area (Å²) < 4.78 is 0. The van der Waals surface area contributed by atoms with Gasteiger partial charge in [-0.25, -0.2) is 0 Å². The lowest BCUT2D eigenvalue weighted by Crippen LogP contribution is -2.21. The molecule has 22 heavy (non-hydrogen) atoms. The van der Waals surface area contributed by atoms with Crippen LogP contribution in [0.4, 0.5) is 0 Å². The Morgan fingerprint density at radius 2 is 1.05 bits per heavy atom. The van der Waals surface area contributed by atoms with Crippen molar-refractivity contribution in [3.8, 4) is 0 Å². The number of hydrogen-bond donors (Lipinski definition) is 0. The van der Waals surface area contributed by atoms with Crippen molar-refractivity contribution >= 4 is 8.80 Å². The molecule has 0 aromatic carbocycles. The Kier molecular flexibility index (Phi) is 9.39. The molecule has 0 heterocycles. The summed E-state index contributed by atoms with van der Waals surface area (Å²) in [5, 5.41) is 0. The van der Waals surface area contributed by atoms with E-state index in [1.807, 2.05) is 0 Å². The topological polar surface area (TPSA) is 0 Å². The molecule has 0 spiro atoms. The van der Waals surface area contributed by atoms with Crippen molar-refractivity contribution in [2.75, 3.05) is 0 Å². The van der Waals surface area contributed by atoms with Gasteiger partial charge in [-0.15, -0.1) is 0 Å². The normalized spacial score (nSPS) is 16.5. The summed E-state index contributed by atoms with van der Waals surface area (Å²) in [6.07, 6.45) is 11.4. The van der Waals surface area contributed by atoms with Crippen molar-refractivity contribution in [1.82, 2.24) is 0 Å². The maximum atomic E-state index is 2.42. The van der Waals surface area contributed by atoms with Crippen LogP contribution in [0.5, 0.6) is 0 Å². The first-order chi connectivity index (χ1) is 10.5. The van der Waals surface area contributed by atoms with Crippen molar-refractivity contribution in [3.63, 3.8) is 0 Å². The molecular weight excluding hydrogens is 280 g/mol. The van der Waals surface area contributed by atoms with E-state index in [1.54, 1.807) is 22.3 Å². The van der Waals surface area contributed by atoms with E-state index >= 15 is 0 Å². The van der Waals surface area contributed by atoms with Crippen LogP contribution < -0.4 is 0 Å². The van der Waals surface area contributed by atoms with Crippen molar-refractivity contribution in [1.29, 1.82) is 0 Å². The predicted molar refractivity (Wildman–Crippen MR) is 104 cm³/mol.